The first-order valence-corrected chi connectivity index (χ1v) is 12.3. The molecule has 1 amide bonds. The zero-order chi connectivity index (χ0) is 24.6. The number of halogens is 1. The Morgan fingerprint density at radius 3 is 2.31 bits per heavy atom. The highest BCUT2D eigenvalue weighted by Gasteiger charge is 2.18. The van der Waals surface area contributed by atoms with Gasteiger partial charge in [-0.1, -0.05) is 44.2 Å². The van der Waals surface area contributed by atoms with Crippen molar-refractivity contribution in [1.82, 2.24) is 4.90 Å². The number of amides is 1. The molecule has 4 rings (SSSR count). The summed E-state index contributed by atoms with van der Waals surface area (Å²) in [6.07, 6.45) is 1.09. The van der Waals surface area contributed by atoms with Crippen LogP contribution in [0.25, 0.3) is 0 Å². The molecule has 5 nitrogen and oxygen atoms in total. The van der Waals surface area contributed by atoms with Crippen LogP contribution in [0.15, 0.2) is 72.8 Å². The largest absolute Gasteiger partial charge is 0.484 e. The van der Waals surface area contributed by atoms with Crippen LogP contribution in [0.1, 0.15) is 37.3 Å². The smallest absolute Gasteiger partial charge is 0.262 e. The molecule has 1 N–H and O–H groups in total. The molecular formula is C29H34FN3O2. The van der Waals surface area contributed by atoms with E-state index in [1.807, 2.05) is 48.5 Å². The zero-order valence-electron chi connectivity index (χ0n) is 20.5. The predicted octanol–water partition coefficient (Wildman–Crippen LogP) is 5.68. The van der Waals surface area contributed by atoms with E-state index in [0.717, 1.165) is 49.5 Å². The molecule has 1 fully saturated rings. The molecule has 1 saturated heterocycles. The van der Waals surface area contributed by atoms with E-state index in [-0.39, 0.29) is 18.3 Å². The van der Waals surface area contributed by atoms with Crippen LogP contribution in [0.4, 0.5) is 15.8 Å². The maximum Gasteiger partial charge on any atom is 0.262 e. The van der Waals surface area contributed by atoms with Gasteiger partial charge >= 0.3 is 0 Å². The van der Waals surface area contributed by atoms with Crippen molar-refractivity contribution in [3.63, 3.8) is 0 Å². The molecule has 1 atom stereocenters. The van der Waals surface area contributed by atoms with Gasteiger partial charge in [-0.05, 0) is 60.4 Å². The summed E-state index contributed by atoms with van der Waals surface area (Å²) >= 11 is 0. The summed E-state index contributed by atoms with van der Waals surface area (Å²) in [4.78, 5) is 16.9. The van der Waals surface area contributed by atoms with Crippen LogP contribution in [0.2, 0.25) is 0 Å². The number of benzene rings is 3. The van der Waals surface area contributed by atoms with E-state index >= 15 is 0 Å². The summed E-state index contributed by atoms with van der Waals surface area (Å²) < 4.78 is 19.6. The fourth-order valence-electron chi connectivity index (χ4n) is 4.26. The van der Waals surface area contributed by atoms with E-state index in [9.17, 15) is 9.18 Å². The molecule has 6 heteroatoms. The van der Waals surface area contributed by atoms with Gasteiger partial charge in [0.05, 0.1) is 0 Å². The van der Waals surface area contributed by atoms with Gasteiger partial charge in [-0.15, -0.1) is 0 Å². The summed E-state index contributed by atoms with van der Waals surface area (Å²) in [5, 5.41) is 2.89. The van der Waals surface area contributed by atoms with E-state index in [1.54, 1.807) is 6.07 Å². The highest BCUT2D eigenvalue weighted by Crippen LogP contribution is 2.22. The first-order valence-electron chi connectivity index (χ1n) is 12.3. The molecule has 0 spiro atoms. The molecule has 1 aliphatic rings. The van der Waals surface area contributed by atoms with Gasteiger partial charge in [-0.2, -0.15) is 0 Å². The molecule has 1 unspecified atom stereocenters. The third kappa shape index (κ3) is 6.83. The number of carbonyl (C=O) groups is 1. The Morgan fingerprint density at radius 1 is 0.971 bits per heavy atom. The number of rotatable bonds is 9. The van der Waals surface area contributed by atoms with Crippen LogP contribution in [-0.4, -0.2) is 43.6 Å². The molecule has 0 aliphatic carbocycles. The summed E-state index contributed by atoms with van der Waals surface area (Å²) in [7, 11) is 0. The molecule has 1 heterocycles. The molecule has 0 aromatic heterocycles. The normalized spacial score (nSPS) is 15.0. The first kappa shape index (κ1) is 24.7. The van der Waals surface area contributed by atoms with Crippen LogP contribution in [0.5, 0.6) is 5.75 Å². The average molecular weight is 476 g/mol. The second-order valence-electron chi connectivity index (χ2n) is 9.12. The minimum Gasteiger partial charge on any atom is -0.484 e. The maximum atomic E-state index is 13.9. The van der Waals surface area contributed by atoms with E-state index < -0.39 is 0 Å². The van der Waals surface area contributed by atoms with Crippen molar-refractivity contribution < 1.29 is 13.9 Å². The molecule has 3 aromatic carbocycles. The van der Waals surface area contributed by atoms with Crippen molar-refractivity contribution in [2.75, 3.05) is 43.0 Å². The Hall–Kier alpha value is -3.38. The summed E-state index contributed by atoms with van der Waals surface area (Å²) in [6, 6.07) is 22.8. The summed E-state index contributed by atoms with van der Waals surface area (Å²) in [5.74, 6) is 0.873. The van der Waals surface area contributed by atoms with E-state index in [0.29, 0.717) is 18.2 Å². The van der Waals surface area contributed by atoms with Gasteiger partial charge in [0.1, 0.15) is 11.6 Å². The van der Waals surface area contributed by atoms with E-state index in [2.05, 4.69) is 41.1 Å². The molecule has 0 saturated carbocycles. The number of nitrogens with one attached hydrogen (secondary N) is 1. The summed E-state index contributed by atoms with van der Waals surface area (Å²) in [5.41, 5.74) is 3.88. The van der Waals surface area contributed by atoms with Crippen LogP contribution in [0.3, 0.4) is 0 Å². The lowest BCUT2D eigenvalue weighted by Gasteiger charge is -2.36. The van der Waals surface area contributed by atoms with Gasteiger partial charge in [-0.3, -0.25) is 9.69 Å². The number of anilines is 2. The lowest BCUT2D eigenvalue weighted by molar-refractivity contribution is -0.118. The van der Waals surface area contributed by atoms with Crippen molar-refractivity contribution >= 4 is 17.3 Å². The van der Waals surface area contributed by atoms with Crippen molar-refractivity contribution in [2.45, 2.75) is 32.7 Å². The summed E-state index contributed by atoms with van der Waals surface area (Å²) in [6.45, 7) is 8.48. The lowest BCUT2D eigenvalue weighted by atomic mass is 9.99. The molecule has 35 heavy (non-hydrogen) atoms. The quantitative estimate of drug-likeness (QED) is 0.433. The van der Waals surface area contributed by atoms with Crippen molar-refractivity contribution in [1.29, 1.82) is 0 Å². The third-order valence-electron chi connectivity index (χ3n) is 6.67. The highest BCUT2D eigenvalue weighted by atomic mass is 19.1. The Bertz CT molecular complexity index is 1090. The standard InChI is InChI=1S/C29H34FN3O2/c1-3-22(2)23-8-14-27(15-9-23)35-21-29(34)31-25-10-12-26(13-11-25)33-18-16-32(17-19-33)20-24-6-4-5-7-28(24)30/h4-15,22H,3,16-21H2,1-2H3,(H,31,34). The van der Waals surface area contributed by atoms with Gasteiger partial charge in [0.25, 0.3) is 5.91 Å². The number of ether oxygens (including phenoxy) is 1. The topological polar surface area (TPSA) is 44.8 Å². The van der Waals surface area contributed by atoms with Crippen LogP contribution >= 0.6 is 0 Å². The zero-order valence-corrected chi connectivity index (χ0v) is 20.5. The van der Waals surface area contributed by atoms with Gasteiger partial charge < -0.3 is 15.0 Å². The van der Waals surface area contributed by atoms with Crippen LogP contribution < -0.4 is 15.0 Å². The number of piperazine rings is 1. The van der Waals surface area contributed by atoms with Gasteiger partial charge in [-0.25, -0.2) is 4.39 Å². The third-order valence-corrected chi connectivity index (χ3v) is 6.67. The Labute approximate surface area is 207 Å². The SMILES string of the molecule is CCC(C)c1ccc(OCC(=O)Nc2ccc(N3CCN(Cc4ccccc4F)CC3)cc2)cc1. The molecular weight excluding hydrogens is 441 g/mol. The maximum absolute atomic E-state index is 13.9. The number of hydrogen-bond donors (Lipinski definition) is 1. The molecule has 0 bridgehead atoms. The second-order valence-corrected chi connectivity index (χ2v) is 9.12. The molecule has 0 radical (unpaired) electrons. The van der Waals surface area contributed by atoms with E-state index in [4.69, 9.17) is 4.74 Å². The Balaban J connectivity index is 1.22. The van der Waals surface area contributed by atoms with Crippen molar-refractivity contribution in [3.8, 4) is 5.75 Å². The van der Waals surface area contributed by atoms with Crippen LogP contribution in [-0.2, 0) is 11.3 Å². The van der Waals surface area contributed by atoms with Crippen molar-refractivity contribution in [2.24, 2.45) is 0 Å². The molecule has 1 aliphatic heterocycles. The van der Waals surface area contributed by atoms with Crippen LogP contribution in [0, 0.1) is 5.82 Å². The highest BCUT2D eigenvalue weighted by molar-refractivity contribution is 5.92. The fourth-order valence-corrected chi connectivity index (χ4v) is 4.26. The van der Waals surface area contributed by atoms with Crippen molar-refractivity contribution in [3.05, 3.63) is 89.7 Å². The number of hydrogen-bond acceptors (Lipinski definition) is 4. The Morgan fingerprint density at radius 2 is 1.66 bits per heavy atom. The minimum atomic E-state index is -0.189. The van der Waals surface area contributed by atoms with Gasteiger partial charge in [0.2, 0.25) is 0 Å². The predicted molar refractivity (Wildman–Crippen MR) is 140 cm³/mol. The average Bonchev–Trinajstić information content (AvgIpc) is 2.89. The first-order chi connectivity index (χ1) is 17.0. The minimum absolute atomic E-state index is 0.0333. The van der Waals surface area contributed by atoms with Gasteiger partial charge in [0, 0.05) is 49.7 Å². The Kier molecular flexibility index (Phi) is 8.37. The fraction of sp³-hybridized carbons (Fsp3) is 0.345. The number of carbonyl (C=O) groups excluding carboxylic acids is 1. The monoisotopic (exact) mass is 475 g/mol. The molecule has 3 aromatic rings. The lowest BCUT2D eigenvalue weighted by Crippen LogP contribution is -2.46. The second kappa shape index (κ2) is 11.8. The number of nitrogens with zero attached hydrogens (tertiary/aromatic N) is 2. The van der Waals surface area contributed by atoms with E-state index in [1.165, 1.54) is 11.6 Å². The molecule has 184 valence electrons. The van der Waals surface area contributed by atoms with Gasteiger partial charge in [0.15, 0.2) is 6.61 Å².